The smallest absolute Gasteiger partial charge is 0.407 e. The Balaban J connectivity index is 1.22. The molecule has 2 aliphatic carbocycles. The molecule has 2 aromatic carbocycles. The first kappa shape index (κ1) is 24.7. The average Bonchev–Trinajstić information content (AvgIpc) is 3.41. The molecule has 4 rings (SSSR count). The minimum absolute atomic E-state index is 0.0102. The van der Waals surface area contributed by atoms with E-state index < -0.39 is 12.1 Å². The molecule has 3 N–H and O–H groups in total. The van der Waals surface area contributed by atoms with E-state index in [0.29, 0.717) is 13.0 Å². The van der Waals surface area contributed by atoms with Crippen LogP contribution in [-0.4, -0.2) is 55.5 Å². The number of ether oxygens (including phenoxy) is 2. The summed E-state index contributed by atoms with van der Waals surface area (Å²) in [5.74, 6) is -0.942. The van der Waals surface area contributed by atoms with Crippen LogP contribution in [0.15, 0.2) is 48.5 Å². The minimum atomic E-state index is -0.912. The van der Waals surface area contributed by atoms with Crippen molar-refractivity contribution < 1.29 is 29.0 Å². The molecule has 1 fully saturated rings. The van der Waals surface area contributed by atoms with Crippen molar-refractivity contribution in [1.82, 2.24) is 10.6 Å². The molecule has 0 aromatic heterocycles. The number of amides is 2. The molecule has 0 aliphatic heterocycles. The molecule has 2 aliphatic rings. The molecule has 35 heavy (non-hydrogen) atoms. The van der Waals surface area contributed by atoms with Crippen LogP contribution < -0.4 is 10.6 Å². The molecule has 2 unspecified atom stereocenters. The van der Waals surface area contributed by atoms with Crippen LogP contribution in [-0.2, 0) is 19.1 Å². The fourth-order valence-electron chi connectivity index (χ4n) is 5.10. The van der Waals surface area contributed by atoms with E-state index in [4.69, 9.17) is 14.6 Å². The molecule has 0 radical (unpaired) electrons. The molecule has 0 bridgehead atoms. The highest BCUT2D eigenvalue weighted by Crippen LogP contribution is 2.44. The summed E-state index contributed by atoms with van der Waals surface area (Å²) in [6.07, 6.45) is 2.46. The highest BCUT2D eigenvalue weighted by Gasteiger charge is 2.32. The lowest BCUT2D eigenvalue weighted by Gasteiger charge is -2.21. The summed E-state index contributed by atoms with van der Waals surface area (Å²) < 4.78 is 10.8. The Morgan fingerprint density at radius 2 is 1.63 bits per heavy atom. The van der Waals surface area contributed by atoms with E-state index in [9.17, 15) is 14.4 Å². The lowest BCUT2D eigenvalue weighted by atomic mass is 9.98. The van der Waals surface area contributed by atoms with Crippen LogP contribution in [0.4, 0.5) is 4.79 Å². The third-order valence-corrected chi connectivity index (χ3v) is 6.78. The van der Waals surface area contributed by atoms with Crippen LogP contribution in [0.3, 0.4) is 0 Å². The third kappa shape index (κ3) is 6.39. The van der Waals surface area contributed by atoms with E-state index in [1.54, 1.807) is 0 Å². The van der Waals surface area contributed by atoms with E-state index in [1.807, 2.05) is 24.3 Å². The molecule has 0 spiro atoms. The van der Waals surface area contributed by atoms with Crippen LogP contribution in [0.25, 0.3) is 11.1 Å². The number of carboxylic acid groups (broad SMARTS) is 1. The lowest BCUT2D eigenvalue weighted by Crippen LogP contribution is -2.40. The van der Waals surface area contributed by atoms with E-state index in [-0.39, 0.29) is 50.0 Å². The first-order valence-corrected chi connectivity index (χ1v) is 12.2. The van der Waals surface area contributed by atoms with Gasteiger partial charge in [0.1, 0.15) is 6.61 Å². The van der Waals surface area contributed by atoms with Gasteiger partial charge in [0.05, 0.1) is 19.6 Å². The molecule has 0 heterocycles. The number of benzene rings is 2. The third-order valence-electron chi connectivity index (χ3n) is 6.78. The van der Waals surface area contributed by atoms with Crippen LogP contribution in [0.2, 0.25) is 0 Å². The molecule has 8 nitrogen and oxygen atoms in total. The van der Waals surface area contributed by atoms with E-state index in [2.05, 4.69) is 34.9 Å². The van der Waals surface area contributed by atoms with Crippen molar-refractivity contribution in [3.63, 3.8) is 0 Å². The van der Waals surface area contributed by atoms with Crippen LogP contribution in [0.5, 0.6) is 0 Å². The van der Waals surface area contributed by atoms with Crippen molar-refractivity contribution in [3.8, 4) is 11.1 Å². The zero-order valence-corrected chi connectivity index (χ0v) is 19.7. The number of rotatable bonds is 11. The second-order valence-electron chi connectivity index (χ2n) is 9.08. The zero-order valence-electron chi connectivity index (χ0n) is 19.7. The van der Waals surface area contributed by atoms with Gasteiger partial charge in [0.15, 0.2) is 0 Å². The Kier molecular flexibility index (Phi) is 8.36. The molecule has 8 heteroatoms. The predicted molar refractivity (Wildman–Crippen MR) is 130 cm³/mol. The molecule has 2 aromatic rings. The quantitative estimate of drug-likeness (QED) is 0.423. The van der Waals surface area contributed by atoms with Gasteiger partial charge in [-0.1, -0.05) is 55.0 Å². The maximum Gasteiger partial charge on any atom is 0.407 e. The number of fused-ring (bicyclic) bond motifs is 3. The second-order valence-corrected chi connectivity index (χ2v) is 9.08. The van der Waals surface area contributed by atoms with Gasteiger partial charge in [-0.3, -0.25) is 9.59 Å². The summed E-state index contributed by atoms with van der Waals surface area (Å²) in [7, 11) is 0. The SMILES string of the molecule is O=C(O)CCOCCNC(=O)CC1CCCC1NC(=O)OCC1c2ccccc2-c2ccccc21. The first-order valence-electron chi connectivity index (χ1n) is 12.2. The summed E-state index contributed by atoms with van der Waals surface area (Å²) in [4.78, 5) is 35.4. The number of alkyl carbamates (subject to hydrolysis) is 1. The van der Waals surface area contributed by atoms with Gasteiger partial charge in [0.25, 0.3) is 0 Å². The summed E-state index contributed by atoms with van der Waals surface area (Å²) in [5, 5.41) is 14.4. The average molecular weight is 481 g/mol. The van der Waals surface area contributed by atoms with Crippen molar-refractivity contribution in [2.45, 2.75) is 44.1 Å². The Morgan fingerprint density at radius 1 is 0.943 bits per heavy atom. The molecule has 1 saturated carbocycles. The molecule has 2 amide bonds. The fourth-order valence-corrected chi connectivity index (χ4v) is 5.10. The fraction of sp³-hybridized carbons (Fsp3) is 0.444. The normalized spacial score (nSPS) is 18.5. The summed E-state index contributed by atoms with van der Waals surface area (Å²) in [6.45, 7) is 0.986. The Hall–Kier alpha value is -3.39. The van der Waals surface area contributed by atoms with Gasteiger partial charge < -0.3 is 25.2 Å². The van der Waals surface area contributed by atoms with Crippen molar-refractivity contribution in [3.05, 3.63) is 59.7 Å². The lowest BCUT2D eigenvalue weighted by molar-refractivity contribution is -0.138. The van der Waals surface area contributed by atoms with Gasteiger partial charge in [-0.25, -0.2) is 4.79 Å². The van der Waals surface area contributed by atoms with E-state index in [1.165, 1.54) is 22.3 Å². The number of nitrogens with one attached hydrogen (secondary N) is 2. The van der Waals surface area contributed by atoms with Gasteiger partial charge in [-0.05, 0) is 41.0 Å². The monoisotopic (exact) mass is 480 g/mol. The molecule has 0 saturated heterocycles. The van der Waals surface area contributed by atoms with Crippen molar-refractivity contribution >= 4 is 18.0 Å². The number of carboxylic acids is 1. The first-order chi connectivity index (χ1) is 17.0. The van der Waals surface area contributed by atoms with E-state index in [0.717, 1.165) is 19.3 Å². The van der Waals surface area contributed by atoms with Gasteiger partial charge in [-0.15, -0.1) is 0 Å². The van der Waals surface area contributed by atoms with Crippen LogP contribution in [0.1, 0.15) is 49.1 Å². The summed E-state index contributed by atoms with van der Waals surface area (Å²) in [5.41, 5.74) is 4.71. The van der Waals surface area contributed by atoms with Crippen molar-refractivity contribution in [1.29, 1.82) is 0 Å². The van der Waals surface area contributed by atoms with Gasteiger partial charge >= 0.3 is 12.1 Å². The van der Waals surface area contributed by atoms with Crippen LogP contribution in [0, 0.1) is 5.92 Å². The molecular formula is C27H32N2O6. The summed E-state index contributed by atoms with van der Waals surface area (Å²) in [6, 6.07) is 16.3. The number of aliphatic carboxylic acids is 1. The van der Waals surface area contributed by atoms with Gasteiger partial charge in [0, 0.05) is 24.9 Å². The molecular weight excluding hydrogens is 448 g/mol. The maximum atomic E-state index is 12.6. The standard InChI is InChI=1S/C27H32N2O6/c30-25(28-13-15-34-14-12-26(31)32)16-18-6-5-11-24(18)29-27(33)35-17-23-21-9-3-1-7-19(21)20-8-2-4-10-22(20)23/h1-4,7-10,18,23-24H,5-6,11-17H2,(H,28,30)(H,29,33)(H,31,32). The Morgan fingerprint density at radius 3 is 2.31 bits per heavy atom. The predicted octanol–water partition coefficient (Wildman–Crippen LogP) is 3.69. The summed E-state index contributed by atoms with van der Waals surface area (Å²) >= 11 is 0. The number of carbonyl (C=O) groups is 3. The molecule has 186 valence electrons. The highest BCUT2D eigenvalue weighted by molar-refractivity contribution is 5.79. The largest absolute Gasteiger partial charge is 0.481 e. The van der Waals surface area contributed by atoms with Crippen molar-refractivity contribution in [2.75, 3.05) is 26.4 Å². The zero-order chi connectivity index (χ0) is 24.6. The number of hydrogen-bond acceptors (Lipinski definition) is 5. The van der Waals surface area contributed by atoms with Crippen LogP contribution >= 0.6 is 0 Å². The molecule has 2 atom stereocenters. The van der Waals surface area contributed by atoms with Crippen molar-refractivity contribution in [2.24, 2.45) is 5.92 Å². The topological polar surface area (TPSA) is 114 Å². The minimum Gasteiger partial charge on any atom is -0.481 e. The van der Waals surface area contributed by atoms with Gasteiger partial charge in [-0.2, -0.15) is 0 Å². The maximum absolute atomic E-state index is 12.6. The number of hydrogen-bond donors (Lipinski definition) is 3. The Bertz CT molecular complexity index is 1010. The van der Waals surface area contributed by atoms with E-state index >= 15 is 0 Å². The second kappa shape index (κ2) is 11.8. The highest BCUT2D eigenvalue weighted by atomic mass is 16.5. The van der Waals surface area contributed by atoms with Gasteiger partial charge in [0.2, 0.25) is 5.91 Å². The Labute approximate surface area is 205 Å². The number of carbonyl (C=O) groups excluding carboxylic acids is 2.